The van der Waals surface area contributed by atoms with E-state index in [1.165, 1.54) is 11.3 Å². The summed E-state index contributed by atoms with van der Waals surface area (Å²) in [5.41, 5.74) is 0.808. The molecule has 0 amide bonds. The molecule has 2 atom stereocenters. The highest BCUT2D eigenvalue weighted by Gasteiger charge is 2.26. The predicted octanol–water partition coefficient (Wildman–Crippen LogP) is 2.78. The Bertz CT molecular complexity index is 713. The molecular formula is C13H13N3OS2. The highest BCUT2D eigenvalue weighted by Crippen LogP contribution is 2.36. The zero-order valence-electron chi connectivity index (χ0n) is 10.5. The third kappa shape index (κ3) is 2.28. The number of hydrogen-bond donors (Lipinski definition) is 0. The summed E-state index contributed by atoms with van der Waals surface area (Å²) >= 11 is 3.07. The van der Waals surface area contributed by atoms with E-state index in [0.29, 0.717) is 9.95 Å². The van der Waals surface area contributed by atoms with Crippen molar-refractivity contribution in [3.63, 3.8) is 0 Å². The molecule has 0 aliphatic heterocycles. The van der Waals surface area contributed by atoms with Crippen LogP contribution in [0.1, 0.15) is 19.3 Å². The number of nitriles is 1. The van der Waals surface area contributed by atoms with Crippen LogP contribution in [0.3, 0.4) is 0 Å². The van der Waals surface area contributed by atoms with Crippen LogP contribution in [0.5, 0.6) is 0 Å². The summed E-state index contributed by atoms with van der Waals surface area (Å²) in [5.74, 6) is 0.166. The van der Waals surface area contributed by atoms with Crippen molar-refractivity contribution in [3.8, 4) is 6.07 Å². The van der Waals surface area contributed by atoms with E-state index in [2.05, 4.69) is 11.1 Å². The Morgan fingerprint density at radius 1 is 1.58 bits per heavy atom. The second kappa shape index (κ2) is 4.99. The van der Waals surface area contributed by atoms with Gasteiger partial charge in [-0.15, -0.1) is 11.3 Å². The maximum atomic E-state index is 12.2. The van der Waals surface area contributed by atoms with Gasteiger partial charge in [-0.25, -0.2) is 4.98 Å². The Morgan fingerprint density at radius 2 is 2.42 bits per heavy atom. The summed E-state index contributed by atoms with van der Waals surface area (Å²) < 4.78 is 2.34. The summed E-state index contributed by atoms with van der Waals surface area (Å²) in [6.07, 6.45) is 2.89. The topological polar surface area (TPSA) is 58.7 Å². The van der Waals surface area contributed by atoms with Crippen molar-refractivity contribution in [2.24, 2.45) is 13.0 Å². The van der Waals surface area contributed by atoms with E-state index < -0.39 is 0 Å². The lowest BCUT2D eigenvalue weighted by molar-refractivity contribution is 0.700. The van der Waals surface area contributed by atoms with E-state index in [4.69, 9.17) is 5.26 Å². The van der Waals surface area contributed by atoms with Crippen molar-refractivity contribution in [2.45, 2.75) is 29.7 Å². The van der Waals surface area contributed by atoms with Crippen molar-refractivity contribution in [3.05, 3.63) is 21.8 Å². The van der Waals surface area contributed by atoms with Crippen molar-refractivity contribution in [2.75, 3.05) is 0 Å². The largest absolute Gasteiger partial charge is 0.290 e. The molecule has 6 heteroatoms. The van der Waals surface area contributed by atoms with Crippen LogP contribution in [0.15, 0.2) is 21.4 Å². The van der Waals surface area contributed by atoms with Crippen LogP contribution in [0, 0.1) is 17.2 Å². The third-order valence-electron chi connectivity index (χ3n) is 3.49. The first-order valence-electron chi connectivity index (χ1n) is 6.19. The van der Waals surface area contributed by atoms with Gasteiger partial charge in [-0.2, -0.15) is 5.26 Å². The standard InChI is InChI=1S/C13H13N3OS2/c1-16-12(17)11-10(4-5-18-11)15-13(16)19-9-3-2-8(6-9)7-14/h4-5,8-9H,2-3,6H2,1H3/t8-,9+/m1/s1. The van der Waals surface area contributed by atoms with Gasteiger partial charge < -0.3 is 0 Å². The van der Waals surface area contributed by atoms with E-state index in [-0.39, 0.29) is 11.5 Å². The lowest BCUT2D eigenvalue weighted by atomic mass is 10.1. The van der Waals surface area contributed by atoms with Crippen LogP contribution in [0.4, 0.5) is 0 Å². The van der Waals surface area contributed by atoms with Gasteiger partial charge in [-0.3, -0.25) is 9.36 Å². The summed E-state index contributed by atoms with van der Waals surface area (Å²) in [6.45, 7) is 0. The van der Waals surface area contributed by atoms with Gasteiger partial charge in [-0.1, -0.05) is 11.8 Å². The number of thiophene rings is 1. The molecule has 0 radical (unpaired) electrons. The van der Waals surface area contributed by atoms with Gasteiger partial charge in [0.05, 0.1) is 11.6 Å². The first-order valence-corrected chi connectivity index (χ1v) is 7.95. The van der Waals surface area contributed by atoms with E-state index in [0.717, 1.165) is 29.9 Å². The molecule has 4 nitrogen and oxygen atoms in total. The lowest BCUT2D eigenvalue weighted by Crippen LogP contribution is -2.19. The molecule has 1 fully saturated rings. The van der Waals surface area contributed by atoms with Crippen LogP contribution in [0.2, 0.25) is 0 Å². The second-order valence-corrected chi connectivity index (χ2v) is 6.96. The van der Waals surface area contributed by atoms with Crippen molar-refractivity contribution in [1.29, 1.82) is 5.26 Å². The molecule has 0 aromatic carbocycles. The molecule has 0 bridgehead atoms. The molecule has 98 valence electrons. The highest BCUT2D eigenvalue weighted by molar-refractivity contribution is 7.99. The molecule has 1 aliphatic rings. The van der Waals surface area contributed by atoms with Crippen LogP contribution < -0.4 is 5.56 Å². The van der Waals surface area contributed by atoms with Gasteiger partial charge in [0.2, 0.25) is 0 Å². The van der Waals surface area contributed by atoms with Crippen LogP contribution in [0.25, 0.3) is 10.2 Å². The fourth-order valence-corrected chi connectivity index (χ4v) is 4.46. The molecule has 0 spiro atoms. The number of rotatable bonds is 2. The summed E-state index contributed by atoms with van der Waals surface area (Å²) in [7, 11) is 1.77. The van der Waals surface area contributed by atoms with Gasteiger partial charge >= 0.3 is 0 Å². The molecule has 19 heavy (non-hydrogen) atoms. The normalized spacial score (nSPS) is 22.7. The Labute approximate surface area is 119 Å². The molecule has 1 aliphatic carbocycles. The fourth-order valence-electron chi connectivity index (χ4n) is 2.39. The SMILES string of the molecule is Cn1c(S[C@H]2CC[C@@H](C#N)C2)nc2ccsc2c1=O. The van der Waals surface area contributed by atoms with Crippen molar-refractivity contribution in [1.82, 2.24) is 9.55 Å². The van der Waals surface area contributed by atoms with E-state index in [9.17, 15) is 4.79 Å². The van der Waals surface area contributed by atoms with Gasteiger partial charge in [0, 0.05) is 18.2 Å². The van der Waals surface area contributed by atoms with Crippen LogP contribution in [-0.2, 0) is 7.05 Å². The predicted molar refractivity (Wildman–Crippen MR) is 77.5 cm³/mol. The summed E-state index contributed by atoms with van der Waals surface area (Å²) in [6, 6.07) is 4.22. The smallest absolute Gasteiger partial charge is 0.271 e. The summed E-state index contributed by atoms with van der Waals surface area (Å²) in [5, 5.41) is 12.0. The monoisotopic (exact) mass is 291 g/mol. The van der Waals surface area contributed by atoms with Crippen LogP contribution in [-0.4, -0.2) is 14.8 Å². The Morgan fingerprint density at radius 3 is 3.16 bits per heavy atom. The van der Waals surface area contributed by atoms with Crippen molar-refractivity contribution < 1.29 is 0 Å². The zero-order valence-corrected chi connectivity index (χ0v) is 12.1. The Hall–Kier alpha value is -1.32. The molecular weight excluding hydrogens is 278 g/mol. The Balaban J connectivity index is 1.91. The van der Waals surface area contributed by atoms with Crippen molar-refractivity contribution >= 4 is 33.3 Å². The number of aromatic nitrogens is 2. The first kappa shape index (κ1) is 12.7. The van der Waals surface area contributed by atoms with Crippen LogP contribution >= 0.6 is 23.1 Å². The summed E-state index contributed by atoms with van der Waals surface area (Å²) in [4.78, 5) is 16.7. The molecule has 0 N–H and O–H groups in total. The molecule has 0 unspecified atom stereocenters. The minimum atomic E-state index is 0.0253. The molecule has 3 rings (SSSR count). The molecule has 2 heterocycles. The number of nitrogens with zero attached hydrogens (tertiary/aromatic N) is 3. The molecule has 2 aromatic heterocycles. The zero-order chi connectivity index (χ0) is 13.4. The number of hydrogen-bond acceptors (Lipinski definition) is 5. The van der Waals surface area contributed by atoms with Gasteiger partial charge in [0.1, 0.15) is 4.70 Å². The average molecular weight is 291 g/mol. The van der Waals surface area contributed by atoms with Gasteiger partial charge in [-0.05, 0) is 30.7 Å². The minimum Gasteiger partial charge on any atom is -0.290 e. The highest BCUT2D eigenvalue weighted by atomic mass is 32.2. The molecule has 1 saturated carbocycles. The molecule has 0 saturated heterocycles. The fraction of sp³-hybridized carbons (Fsp3) is 0.462. The van der Waals surface area contributed by atoms with E-state index >= 15 is 0 Å². The minimum absolute atomic E-state index is 0.0253. The number of thioether (sulfide) groups is 1. The van der Waals surface area contributed by atoms with E-state index in [1.807, 2.05) is 11.4 Å². The third-order valence-corrected chi connectivity index (χ3v) is 5.71. The van der Waals surface area contributed by atoms with Gasteiger partial charge in [0.15, 0.2) is 5.16 Å². The van der Waals surface area contributed by atoms with E-state index in [1.54, 1.807) is 23.4 Å². The Kier molecular flexibility index (Phi) is 3.33. The first-order chi connectivity index (χ1) is 9.19. The van der Waals surface area contributed by atoms with Gasteiger partial charge in [0.25, 0.3) is 5.56 Å². The second-order valence-electron chi connectivity index (χ2n) is 4.77. The number of fused-ring (bicyclic) bond motifs is 1. The molecule has 2 aromatic rings. The lowest BCUT2D eigenvalue weighted by Gasteiger charge is -2.11. The average Bonchev–Trinajstić information content (AvgIpc) is 3.04. The maximum Gasteiger partial charge on any atom is 0.271 e. The quantitative estimate of drug-likeness (QED) is 0.798. The maximum absolute atomic E-state index is 12.2.